The quantitative estimate of drug-likeness (QED) is 0.330. The first-order chi connectivity index (χ1) is 13.4. The van der Waals surface area contributed by atoms with Gasteiger partial charge >= 0.3 is 6.09 Å². The lowest BCUT2D eigenvalue weighted by Gasteiger charge is -2.23. The van der Waals surface area contributed by atoms with Crippen LogP contribution in [0.1, 0.15) is 47.1 Å². The van der Waals surface area contributed by atoms with Crippen molar-refractivity contribution in [2.75, 3.05) is 26.4 Å². The molecule has 2 atom stereocenters. The van der Waals surface area contributed by atoms with Crippen LogP contribution in [-0.4, -0.2) is 48.3 Å². The van der Waals surface area contributed by atoms with Crippen molar-refractivity contribution in [3.8, 4) is 0 Å². The van der Waals surface area contributed by atoms with Crippen LogP contribution in [0, 0.1) is 5.41 Å². The molecule has 0 radical (unpaired) electrons. The molecule has 166 valence electrons. The minimum Gasteiger partial charge on any atom is -0.444 e. The summed E-state index contributed by atoms with van der Waals surface area (Å²) in [6, 6.07) is 9.90. The van der Waals surface area contributed by atoms with Gasteiger partial charge in [-0.25, -0.2) is 4.79 Å². The number of hydrogen-bond acceptors (Lipinski definition) is 5. The van der Waals surface area contributed by atoms with E-state index < -0.39 is 11.7 Å². The molecule has 0 bridgehead atoms. The Morgan fingerprint density at radius 1 is 1.03 bits per heavy atom. The van der Waals surface area contributed by atoms with Crippen molar-refractivity contribution in [3.63, 3.8) is 0 Å². The number of benzene rings is 1. The molecule has 0 aromatic heterocycles. The van der Waals surface area contributed by atoms with E-state index in [0.717, 1.165) is 5.56 Å². The smallest absolute Gasteiger partial charge is 0.407 e. The SMILES string of the molecule is CC(C)(C)COC(I)COC[C@H](CNC(=O)OC(C)(C)C)OCc1ccccc1. The predicted octanol–water partition coefficient (Wildman–Crippen LogP) is 4.94. The van der Waals surface area contributed by atoms with Crippen LogP contribution in [0.4, 0.5) is 4.79 Å². The van der Waals surface area contributed by atoms with Gasteiger partial charge in [-0.3, -0.25) is 0 Å². The summed E-state index contributed by atoms with van der Waals surface area (Å²) in [5, 5.41) is 2.76. The molecule has 6 nitrogen and oxygen atoms in total. The molecule has 1 aromatic rings. The van der Waals surface area contributed by atoms with Crippen molar-refractivity contribution in [1.82, 2.24) is 5.32 Å². The molecule has 0 aliphatic carbocycles. The van der Waals surface area contributed by atoms with Gasteiger partial charge in [0.25, 0.3) is 0 Å². The van der Waals surface area contributed by atoms with Crippen molar-refractivity contribution in [1.29, 1.82) is 0 Å². The van der Waals surface area contributed by atoms with E-state index in [4.69, 9.17) is 18.9 Å². The fourth-order valence-electron chi connectivity index (χ4n) is 2.15. The number of carbonyl (C=O) groups excluding carboxylic acids is 1. The number of carbonyl (C=O) groups is 1. The van der Waals surface area contributed by atoms with Gasteiger partial charge < -0.3 is 24.3 Å². The molecule has 0 saturated heterocycles. The van der Waals surface area contributed by atoms with E-state index in [1.807, 2.05) is 51.1 Å². The molecule has 1 aromatic carbocycles. The Hall–Kier alpha value is -0.900. The summed E-state index contributed by atoms with van der Waals surface area (Å²) in [5.74, 6) is 0. The van der Waals surface area contributed by atoms with Crippen molar-refractivity contribution in [2.24, 2.45) is 5.41 Å². The van der Waals surface area contributed by atoms with Crippen LogP contribution in [0.2, 0.25) is 0 Å². The number of ether oxygens (including phenoxy) is 4. The number of alkyl halides is 1. The minimum absolute atomic E-state index is 0.0413. The average molecular weight is 521 g/mol. The average Bonchev–Trinajstić information content (AvgIpc) is 2.60. The van der Waals surface area contributed by atoms with Crippen LogP contribution >= 0.6 is 22.6 Å². The molecule has 0 spiro atoms. The Bertz CT molecular complexity index is 583. The van der Waals surface area contributed by atoms with E-state index in [9.17, 15) is 4.79 Å². The normalized spacial score (nSPS) is 14.3. The second-order valence-corrected chi connectivity index (χ2v) is 10.5. The lowest BCUT2D eigenvalue weighted by atomic mass is 9.99. The third-order valence-electron chi connectivity index (χ3n) is 3.45. The summed E-state index contributed by atoms with van der Waals surface area (Å²) >= 11 is 2.23. The third kappa shape index (κ3) is 14.7. The Labute approximate surface area is 189 Å². The van der Waals surface area contributed by atoms with Crippen molar-refractivity contribution in [2.45, 2.75) is 64.0 Å². The molecular weight excluding hydrogens is 485 g/mol. The van der Waals surface area contributed by atoms with Crippen LogP contribution in [-0.2, 0) is 25.6 Å². The summed E-state index contributed by atoms with van der Waals surface area (Å²) in [6.07, 6.45) is -0.764. The molecular formula is C22H36INO5. The number of hydrogen-bond donors (Lipinski definition) is 1. The van der Waals surface area contributed by atoms with Crippen LogP contribution in [0.25, 0.3) is 0 Å². The van der Waals surface area contributed by atoms with Gasteiger partial charge in [0.2, 0.25) is 0 Å². The number of halogens is 1. The molecule has 1 rings (SSSR count). The summed E-state index contributed by atoms with van der Waals surface area (Å²) in [7, 11) is 0. The van der Waals surface area contributed by atoms with Gasteiger partial charge in [-0.05, 0) is 54.3 Å². The van der Waals surface area contributed by atoms with Gasteiger partial charge in [0.05, 0.1) is 32.5 Å². The summed E-state index contributed by atoms with van der Waals surface area (Å²) in [4.78, 5) is 11.9. The Morgan fingerprint density at radius 3 is 2.28 bits per heavy atom. The fraction of sp³-hybridized carbons (Fsp3) is 0.682. The van der Waals surface area contributed by atoms with E-state index >= 15 is 0 Å². The maximum Gasteiger partial charge on any atom is 0.407 e. The predicted molar refractivity (Wildman–Crippen MR) is 123 cm³/mol. The zero-order valence-corrected chi connectivity index (χ0v) is 20.7. The van der Waals surface area contributed by atoms with Crippen LogP contribution in [0.15, 0.2) is 30.3 Å². The summed E-state index contributed by atoms with van der Waals surface area (Å²) in [5.41, 5.74) is 0.636. The van der Waals surface area contributed by atoms with Crippen LogP contribution in [0.3, 0.4) is 0 Å². The molecule has 7 heteroatoms. The van der Waals surface area contributed by atoms with E-state index in [1.54, 1.807) is 0 Å². The number of amides is 1. The topological polar surface area (TPSA) is 66.0 Å². The van der Waals surface area contributed by atoms with Crippen LogP contribution < -0.4 is 5.32 Å². The van der Waals surface area contributed by atoms with Crippen molar-refractivity contribution < 1.29 is 23.7 Å². The van der Waals surface area contributed by atoms with Crippen molar-refractivity contribution in [3.05, 3.63) is 35.9 Å². The van der Waals surface area contributed by atoms with Gasteiger partial charge in [-0.15, -0.1) is 0 Å². The second-order valence-electron chi connectivity index (χ2n) is 9.12. The van der Waals surface area contributed by atoms with Gasteiger partial charge in [-0.1, -0.05) is 51.1 Å². The minimum atomic E-state index is -0.542. The molecule has 1 amide bonds. The van der Waals surface area contributed by atoms with Gasteiger partial charge in [0, 0.05) is 6.54 Å². The second kappa shape index (κ2) is 12.7. The molecule has 0 heterocycles. The highest BCUT2D eigenvalue weighted by Crippen LogP contribution is 2.16. The first kappa shape index (κ1) is 26.1. The largest absolute Gasteiger partial charge is 0.444 e. The number of nitrogens with one attached hydrogen (secondary N) is 1. The summed E-state index contributed by atoms with van der Waals surface area (Å²) < 4.78 is 22.8. The monoisotopic (exact) mass is 521 g/mol. The molecule has 29 heavy (non-hydrogen) atoms. The van der Waals surface area contributed by atoms with E-state index in [2.05, 4.69) is 48.7 Å². The van der Waals surface area contributed by atoms with Gasteiger partial charge in [-0.2, -0.15) is 0 Å². The third-order valence-corrected chi connectivity index (χ3v) is 4.17. The molecule has 0 fully saturated rings. The number of alkyl carbamates (subject to hydrolysis) is 1. The van der Waals surface area contributed by atoms with Crippen LogP contribution in [0.5, 0.6) is 0 Å². The van der Waals surface area contributed by atoms with Gasteiger partial charge in [0.1, 0.15) is 9.71 Å². The molecule has 1 unspecified atom stereocenters. The first-order valence-corrected chi connectivity index (χ1v) is 11.1. The Kier molecular flexibility index (Phi) is 11.5. The maximum absolute atomic E-state index is 11.9. The lowest BCUT2D eigenvalue weighted by Crippen LogP contribution is -2.39. The highest BCUT2D eigenvalue weighted by Gasteiger charge is 2.19. The number of rotatable bonds is 11. The summed E-state index contributed by atoms with van der Waals surface area (Å²) in [6.45, 7) is 14.1. The lowest BCUT2D eigenvalue weighted by molar-refractivity contribution is -0.0460. The van der Waals surface area contributed by atoms with Crippen molar-refractivity contribution >= 4 is 28.7 Å². The highest BCUT2D eigenvalue weighted by molar-refractivity contribution is 14.1. The molecule has 0 aliphatic heterocycles. The zero-order chi connectivity index (χ0) is 21.9. The van der Waals surface area contributed by atoms with Gasteiger partial charge in [0.15, 0.2) is 0 Å². The maximum atomic E-state index is 11.9. The fourth-order valence-corrected chi connectivity index (χ4v) is 2.58. The zero-order valence-electron chi connectivity index (χ0n) is 18.5. The van der Waals surface area contributed by atoms with E-state index in [0.29, 0.717) is 33.0 Å². The molecule has 1 N–H and O–H groups in total. The molecule has 0 aliphatic rings. The van der Waals surface area contributed by atoms with E-state index in [1.165, 1.54) is 0 Å². The Balaban J connectivity index is 2.47. The van der Waals surface area contributed by atoms with E-state index in [-0.39, 0.29) is 15.6 Å². The highest BCUT2D eigenvalue weighted by atomic mass is 127. The Morgan fingerprint density at radius 2 is 1.69 bits per heavy atom. The molecule has 0 saturated carbocycles. The standard InChI is InChI=1S/C22H36INO5/c1-21(2,3)16-28-19(23)15-26-14-18(12-24-20(25)29-22(4,5)6)27-13-17-10-8-7-9-11-17/h7-11,18-19H,12-16H2,1-6H3,(H,24,25)/t18-,19?/m0/s1. The first-order valence-electron chi connectivity index (χ1n) is 9.90.